The predicted octanol–water partition coefficient (Wildman–Crippen LogP) is 11.1. The molecule has 0 aliphatic heterocycles. The molecular formula is C39H66FNO4. The second-order valence-corrected chi connectivity index (χ2v) is 9.50. The fourth-order valence-electron chi connectivity index (χ4n) is 3.13. The molecule has 258 valence electrons. The average Bonchev–Trinajstić information content (AvgIpc) is 3.04. The van der Waals surface area contributed by atoms with Crippen LogP contribution in [0.1, 0.15) is 126 Å². The minimum Gasteiger partial charge on any atom is -0.468 e. The summed E-state index contributed by atoms with van der Waals surface area (Å²) in [4.78, 5) is 33.9. The summed E-state index contributed by atoms with van der Waals surface area (Å²) in [5.74, 6) is 0.693. The Kier molecular flexibility index (Phi) is 43.9. The van der Waals surface area contributed by atoms with Gasteiger partial charge in [0.1, 0.15) is 17.4 Å². The fourth-order valence-corrected chi connectivity index (χ4v) is 3.13. The first-order valence-electron chi connectivity index (χ1n) is 16.3. The molecule has 5 nitrogen and oxygen atoms in total. The highest BCUT2D eigenvalue weighted by Crippen LogP contribution is 2.13. The smallest absolute Gasteiger partial charge is 0.293 e. The molecule has 45 heavy (non-hydrogen) atoms. The SMILES string of the molecule is CC.CC.CC.CC(=O)CCCC(C)COC=O.CC(C)=O.CCc1cccc(C)c1F.CN=C(C)/C=C(\C)c1ccccc1. The van der Waals surface area contributed by atoms with Gasteiger partial charge in [-0.05, 0) is 95.1 Å². The highest BCUT2D eigenvalue weighted by atomic mass is 19.1. The number of hydrogen-bond acceptors (Lipinski definition) is 5. The van der Waals surface area contributed by atoms with Crippen LogP contribution in [-0.2, 0) is 25.5 Å². The molecule has 0 fully saturated rings. The molecule has 6 heteroatoms. The number of hydrogen-bond donors (Lipinski definition) is 0. The number of carbonyl (C=O) groups excluding carboxylic acids is 3. The van der Waals surface area contributed by atoms with Crippen molar-refractivity contribution < 1.29 is 23.5 Å². The zero-order chi connectivity index (χ0) is 36.2. The molecule has 0 saturated carbocycles. The summed E-state index contributed by atoms with van der Waals surface area (Å²) < 4.78 is 17.6. The number of allylic oxidation sites excluding steroid dienone is 2. The lowest BCUT2D eigenvalue weighted by Gasteiger charge is -2.07. The van der Waals surface area contributed by atoms with Gasteiger partial charge in [0.05, 0.1) is 6.61 Å². The van der Waals surface area contributed by atoms with Crippen molar-refractivity contribution in [1.82, 2.24) is 0 Å². The number of Topliss-reactive ketones (excluding diaryl/α,β-unsaturated/α-hetero) is 2. The number of rotatable bonds is 10. The van der Waals surface area contributed by atoms with Gasteiger partial charge in [0.2, 0.25) is 0 Å². The number of nitrogens with zero attached hydrogens (tertiary/aromatic N) is 1. The quantitative estimate of drug-likeness (QED) is 0.193. The lowest BCUT2D eigenvalue weighted by molar-refractivity contribution is -0.130. The van der Waals surface area contributed by atoms with Gasteiger partial charge >= 0.3 is 0 Å². The van der Waals surface area contributed by atoms with E-state index < -0.39 is 0 Å². The van der Waals surface area contributed by atoms with Crippen LogP contribution < -0.4 is 0 Å². The van der Waals surface area contributed by atoms with Crippen LogP contribution in [0, 0.1) is 18.7 Å². The van der Waals surface area contributed by atoms with Gasteiger partial charge in [0.25, 0.3) is 6.47 Å². The van der Waals surface area contributed by atoms with Crippen molar-refractivity contribution in [3.8, 4) is 0 Å². The molecule has 0 N–H and O–H groups in total. The van der Waals surface area contributed by atoms with Gasteiger partial charge in [-0.25, -0.2) is 4.39 Å². The van der Waals surface area contributed by atoms with Gasteiger partial charge in [-0.2, -0.15) is 0 Å². The first kappa shape index (κ1) is 51.2. The molecule has 0 bridgehead atoms. The summed E-state index contributed by atoms with van der Waals surface area (Å²) in [7, 11) is 1.81. The number of ether oxygens (including phenoxy) is 1. The lowest BCUT2D eigenvalue weighted by Crippen LogP contribution is -2.05. The molecular weight excluding hydrogens is 565 g/mol. The lowest BCUT2D eigenvalue weighted by atomic mass is 10.0. The van der Waals surface area contributed by atoms with Crippen LogP contribution in [0.4, 0.5) is 4.39 Å². The zero-order valence-electron chi connectivity index (χ0n) is 31.3. The Bertz CT molecular complexity index is 1030. The van der Waals surface area contributed by atoms with Crippen molar-refractivity contribution in [2.24, 2.45) is 10.9 Å². The molecule has 2 aromatic carbocycles. The summed E-state index contributed by atoms with van der Waals surface area (Å²) in [6.07, 6.45) is 5.32. The molecule has 0 spiro atoms. The third kappa shape index (κ3) is 36.7. The van der Waals surface area contributed by atoms with Crippen molar-refractivity contribution in [1.29, 1.82) is 0 Å². The number of carbonyl (C=O) groups is 3. The van der Waals surface area contributed by atoms with E-state index in [1.54, 1.807) is 19.9 Å². The van der Waals surface area contributed by atoms with E-state index in [-0.39, 0.29) is 17.4 Å². The van der Waals surface area contributed by atoms with Crippen LogP contribution in [-0.4, -0.2) is 37.4 Å². The summed E-state index contributed by atoms with van der Waals surface area (Å²) in [5, 5.41) is 0. The summed E-state index contributed by atoms with van der Waals surface area (Å²) >= 11 is 0. The zero-order valence-corrected chi connectivity index (χ0v) is 31.3. The molecule has 2 aromatic rings. The van der Waals surface area contributed by atoms with E-state index in [1.165, 1.54) is 25.0 Å². The molecule has 0 heterocycles. The van der Waals surface area contributed by atoms with E-state index in [4.69, 9.17) is 0 Å². The summed E-state index contributed by atoms with van der Waals surface area (Å²) in [6.45, 7) is 27.4. The third-order valence-corrected chi connectivity index (χ3v) is 5.33. The Labute approximate surface area is 276 Å². The van der Waals surface area contributed by atoms with Gasteiger partial charge in [0.15, 0.2) is 0 Å². The molecule has 0 radical (unpaired) electrons. The van der Waals surface area contributed by atoms with E-state index >= 15 is 0 Å². The predicted molar refractivity (Wildman–Crippen MR) is 196 cm³/mol. The molecule has 0 amide bonds. The summed E-state index contributed by atoms with van der Waals surface area (Å²) in [5.41, 5.74) is 5.11. The van der Waals surface area contributed by atoms with Gasteiger partial charge < -0.3 is 14.3 Å². The Morgan fingerprint density at radius 2 is 1.40 bits per heavy atom. The van der Waals surface area contributed by atoms with E-state index in [0.29, 0.717) is 25.4 Å². The summed E-state index contributed by atoms with van der Waals surface area (Å²) in [6, 6.07) is 15.8. The van der Waals surface area contributed by atoms with Crippen LogP contribution in [0.15, 0.2) is 59.6 Å². The maximum absolute atomic E-state index is 13.0. The Balaban J connectivity index is -0.000000156. The maximum atomic E-state index is 13.0. The first-order chi connectivity index (χ1) is 21.4. The fraction of sp³-hybridized carbons (Fsp3) is 0.538. The van der Waals surface area contributed by atoms with E-state index in [2.05, 4.69) is 34.9 Å². The number of ketones is 2. The Hall–Kier alpha value is -3.41. The van der Waals surface area contributed by atoms with Crippen LogP contribution in [0.5, 0.6) is 0 Å². The van der Waals surface area contributed by atoms with Gasteiger partial charge in [0, 0.05) is 19.2 Å². The van der Waals surface area contributed by atoms with Crippen LogP contribution in [0.25, 0.3) is 5.57 Å². The Morgan fingerprint density at radius 1 is 0.889 bits per heavy atom. The minimum atomic E-state index is -0.0509. The van der Waals surface area contributed by atoms with Crippen LogP contribution in [0.2, 0.25) is 0 Å². The molecule has 0 aromatic heterocycles. The second kappa shape index (κ2) is 38.6. The van der Waals surface area contributed by atoms with Crippen molar-refractivity contribution in [2.45, 2.75) is 123 Å². The van der Waals surface area contributed by atoms with Gasteiger partial charge in [-0.3, -0.25) is 9.79 Å². The van der Waals surface area contributed by atoms with Crippen molar-refractivity contribution in [3.05, 3.63) is 77.1 Å². The monoisotopic (exact) mass is 631 g/mol. The highest BCUT2D eigenvalue weighted by molar-refractivity contribution is 5.98. The molecule has 0 saturated heterocycles. The molecule has 1 unspecified atom stereocenters. The van der Waals surface area contributed by atoms with Crippen molar-refractivity contribution in [2.75, 3.05) is 13.7 Å². The van der Waals surface area contributed by atoms with E-state index in [0.717, 1.165) is 36.1 Å². The first-order valence-corrected chi connectivity index (χ1v) is 16.3. The van der Waals surface area contributed by atoms with Crippen LogP contribution in [0.3, 0.4) is 0 Å². The normalized spacial score (nSPS) is 10.2. The number of benzene rings is 2. The number of aliphatic imine (C=N–C) groups is 1. The molecule has 2 rings (SSSR count). The van der Waals surface area contributed by atoms with Crippen LogP contribution >= 0.6 is 0 Å². The van der Waals surface area contributed by atoms with E-state index in [9.17, 15) is 18.8 Å². The maximum Gasteiger partial charge on any atom is 0.293 e. The third-order valence-electron chi connectivity index (χ3n) is 5.33. The van der Waals surface area contributed by atoms with Crippen molar-refractivity contribution >= 4 is 29.3 Å². The molecule has 0 aliphatic rings. The Morgan fingerprint density at radius 3 is 1.80 bits per heavy atom. The average molecular weight is 632 g/mol. The van der Waals surface area contributed by atoms with Gasteiger partial charge in [-0.15, -0.1) is 0 Å². The minimum absolute atomic E-state index is 0.0509. The van der Waals surface area contributed by atoms with Gasteiger partial charge in [-0.1, -0.05) is 104 Å². The number of aryl methyl sites for hydroxylation is 2. The number of halogens is 1. The largest absolute Gasteiger partial charge is 0.468 e. The molecule has 0 aliphatic carbocycles. The molecule has 1 atom stereocenters. The second-order valence-electron chi connectivity index (χ2n) is 9.50. The topological polar surface area (TPSA) is 72.8 Å². The van der Waals surface area contributed by atoms with E-state index in [1.807, 2.05) is 99.7 Å². The highest BCUT2D eigenvalue weighted by Gasteiger charge is 2.03. The van der Waals surface area contributed by atoms with Crippen molar-refractivity contribution in [3.63, 3.8) is 0 Å². The standard InChI is InChI=1S/C12H15N.C9H11F.C9H16O3.C3H6O.3C2H6/c1-10(9-11(2)13-3)12-7-5-4-6-8-12;1-3-8-6-4-5-7(2)9(8)10;1-8(6-12-7-10)4-3-5-9(2)11;1-3(2)4;3*1-2/h4-9H,1-3H3;4-6H,3H2,1-2H3;7-8H,3-6H2,1-2H3;1-2H3;3*1-2H3/b10-9+,13-11?;;;;;;.